The molecule has 30 heavy (non-hydrogen) atoms. The summed E-state index contributed by atoms with van der Waals surface area (Å²) in [4.78, 5) is 39.8. The van der Waals surface area contributed by atoms with Crippen LogP contribution in [0.3, 0.4) is 0 Å². The van der Waals surface area contributed by atoms with Gasteiger partial charge in [-0.05, 0) is 24.3 Å². The van der Waals surface area contributed by atoms with Gasteiger partial charge in [-0.25, -0.2) is 14.2 Å². The first kappa shape index (κ1) is 21.3. The molecule has 0 saturated carbocycles. The Morgan fingerprint density at radius 3 is 2.70 bits per heavy atom. The molecule has 0 bridgehead atoms. The topological polar surface area (TPSA) is 103 Å². The minimum atomic E-state index is -0.804. The average molecular weight is 450 g/mol. The van der Waals surface area contributed by atoms with Gasteiger partial charge in [0.1, 0.15) is 17.4 Å². The largest absolute Gasteiger partial charge is 0.456 e. The summed E-state index contributed by atoms with van der Waals surface area (Å²) in [5.41, 5.74) is -0.0758. The van der Waals surface area contributed by atoms with E-state index in [4.69, 9.17) is 16.3 Å². The summed E-state index contributed by atoms with van der Waals surface area (Å²) in [5, 5.41) is 12.6. The minimum absolute atomic E-state index is 0.0433. The van der Waals surface area contributed by atoms with Gasteiger partial charge in [0, 0.05) is 18.4 Å². The fourth-order valence-corrected chi connectivity index (χ4v) is 3.56. The second kappa shape index (κ2) is 8.97. The van der Waals surface area contributed by atoms with E-state index in [0.29, 0.717) is 5.69 Å². The van der Waals surface area contributed by atoms with Crippen molar-refractivity contribution in [3.05, 3.63) is 80.1 Å². The summed E-state index contributed by atoms with van der Waals surface area (Å²) < 4.78 is 19.2. The first-order valence-corrected chi connectivity index (χ1v) is 9.64. The zero-order chi connectivity index (χ0) is 21.8. The fourth-order valence-electron chi connectivity index (χ4n) is 2.51. The second-order valence-electron chi connectivity index (χ2n) is 5.93. The number of thiazole rings is 1. The molecule has 2 aromatic carbocycles. The summed E-state index contributed by atoms with van der Waals surface area (Å²) in [7, 11) is 0. The third kappa shape index (κ3) is 4.61. The molecule has 0 N–H and O–H groups in total. The van der Waals surface area contributed by atoms with Gasteiger partial charge in [0.05, 0.1) is 21.9 Å². The van der Waals surface area contributed by atoms with Gasteiger partial charge < -0.3 is 4.74 Å². The van der Waals surface area contributed by atoms with Gasteiger partial charge in [0.25, 0.3) is 5.69 Å². The van der Waals surface area contributed by atoms with Gasteiger partial charge in [-0.1, -0.05) is 23.7 Å². The summed E-state index contributed by atoms with van der Waals surface area (Å²) >= 11 is 6.80. The van der Waals surface area contributed by atoms with Crippen molar-refractivity contribution in [3.8, 4) is 0 Å². The highest BCUT2D eigenvalue weighted by atomic mass is 35.5. The van der Waals surface area contributed by atoms with Crippen LogP contribution in [0.1, 0.15) is 23.0 Å². The molecule has 0 saturated heterocycles. The van der Waals surface area contributed by atoms with E-state index in [2.05, 4.69) is 4.98 Å². The number of rotatable bonds is 6. The van der Waals surface area contributed by atoms with Crippen LogP contribution >= 0.6 is 22.9 Å². The zero-order valence-electron chi connectivity index (χ0n) is 15.4. The summed E-state index contributed by atoms with van der Waals surface area (Å²) in [5.74, 6) is -1.83. The van der Waals surface area contributed by atoms with Crippen molar-refractivity contribution in [2.75, 3.05) is 4.90 Å². The quantitative estimate of drug-likeness (QED) is 0.301. The molecule has 3 rings (SSSR count). The molecular weight excluding hydrogens is 437 g/mol. The number of para-hydroxylation sites is 1. The number of nitro benzene ring substituents is 1. The summed E-state index contributed by atoms with van der Waals surface area (Å²) in [6.07, 6.45) is 0. The molecule has 0 radical (unpaired) electrons. The highest BCUT2D eigenvalue weighted by Crippen LogP contribution is 2.31. The number of halogens is 2. The predicted molar refractivity (Wildman–Crippen MR) is 109 cm³/mol. The van der Waals surface area contributed by atoms with Gasteiger partial charge in [0.15, 0.2) is 5.13 Å². The van der Waals surface area contributed by atoms with Crippen LogP contribution in [0.2, 0.25) is 5.02 Å². The number of carbonyl (C=O) groups excluding carboxylic acids is 2. The molecule has 0 aliphatic carbocycles. The van der Waals surface area contributed by atoms with Crippen molar-refractivity contribution in [1.29, 1.82) is 0 Å². The van der Waals surface area contributed by atoms with Crippen LogP contribution in [0.5, 0.6) is 0 Å². The van der Waals surface area contributed by atoms with E-state index in [1.165, 1.54) is 37.3 Å². The molecule has 3 aromatic rings. The van der Waals surface area contributed by atoms with E-state index in [0.717, 1.165) is 22.3 Å². The Hall–Kier alpha value is -3.37. The van der Waals surface area contributed by atoms with E-state index in [1.54, 1.807) is 11.4 Å². The maximum Gasteiger partial charge on any atom is 0.338 e. The molecule has 11 heteroatoms. The molecule has 1 heterocycles. The van der Waals surface area contributed by atoms with Crippen molar-refractivity contribution < 1.29 is 23.6 Å². The van der Waals surface area contributed by atoms with Crippen LogP contribution in [0.4, 0.5) is 20.9 Å². The summed E-state index contributed by atoms with van der Waals surface area (Å²) in [6.45, 7) is 1.04. The lowest BCUT2D eigenvalue weighted by molar-refractivity contribution is -0.384. The lowest BCUT2D eigenvalue weighted by Crippen LogP contribution is -2.23. The van der Waals surface area contributed by atoms with Crippen LogP contribution in [-0.2, 0) is 16.1 Å². The molecule has 0 atom stereocenters. The molecular formula is C19H13ClFN3O5S. The number of anilines is 2. The maximum absolute atomic E-state index is 14.1. The van der Waals surface area contributed by atoms with Crippen molar-refractivity contribution >= 4 is 51.3 Å². The number of nitrogens with zero attached hydrogens (tertiary/aromatic N) is 3. The summed E-state index contributed by atoms with van der Waals surface area (Å²) in [6, 6.07) is 9.34. The molecule has 0 unspecified atom stereocenters. The van der Waals surface area contributed by atoms with Crippen LogP contribution in [-0.4, -0.2) is 21.8 Å². The maximum atomic E-state index is 14.1. The number of hydrogen-bond donors (Lipinski definition) is 0. The second-order valence-corrected chi connectivity index (χ2v) is 7.17. The van der Waals surface area contributed by atoms with Gasteiger partial charge in [-0.15, -0.1) is 11.3 Å². The number of carbonyl (C=O) groups is 2. The number of nitro groups is 1. The normalized spacial score (nSPS) is 10.5. The predicted octanol–water partition coefficient (Wildman–Crippen LogP) is 4.89. The average Bonchev–Trinajstić information content (AvgIpc) is 3.16. The lowest BCUT2D eigenvalue weighted by Gasteiger charge is -2.18. The Bertz CT molecular complexity index is 1140. The SMILES string of the molecule is CC(=O)N(c1nc(COC(=O)c2ccc(Cl)c([N+](=O)[O-])c2)cs1)c1ccccc1F. The first-order valence-electron chi connectivity index (χ1n) is 8.38. The fraction of sp³-hybridized carbons (Fsp3) is 0.105. The lowest BCUT2D eigenvalue weighted by atomic mass is 10.2. The van der Waals surface area contributed by atoms with Crippen LogP contribution in [0.15, 0.2) is 47.8 Å². The van der Waals surface area contributed by atoms with Crippen molar-refractivity contribution in [1.82, 2.24) is 4.98 Å². The molecule has 1 aromatic heterocycles. The number of ether oxygens (including phenoxy) is 1. The van der Waals surface area contributed by atoms with E-state index in [9.17, 15) is 24.1 Å². The van der Waals surface area contributed by atoms with E-state index in [-0.39, 0.29) is 28.0 Å². The minimum Gasteiger partial charge on any atom is -0.456 e. The Morgan fingerprint density at radius 2 is 2.03 bits per heavy atom. The van der Waals surface area contributed by atoms with E-state index < -0.39 is 28.3 Å². The van der Waals surface area contributed by atoms with Crippen molar-refractivity contribution in [3.63, 3.8) is 0 Å². The molecule has 0 spiro atoms. The van der Waals surface area contributed by atoms with Gasteiger partial charge in [0.2, 0.25) is 5.91 Å². The molecule has 154 valence electrons. The molecule has 0 fully saturated rings. The van der Waals surface area contributed by atoms with Crippen LogP contribution < -0.4 is 4.90 Å². The Kier molecular flexibility index (Phi) is 6.38. The van der Waals surface area contributed by atoms with Gasteiger partial charge in [-0.3, -0.25) is 19.8 Å². The smallest absolute Gasteiger partial charge is 0.338 e. The van der Waals surface area contributed by atoms with Gasteiger partial charge >= 0.3 is 5.97 Å². The standard InChI is InChI=1S/C19H13ClFN3O5S/c1-11(25)23(16-5-3-2-4-15(16)21)19-22-13(10-30-19)9-29-18(26)12-6-7-14(20)17(8-12)24(27)28/h2-8,10H,9H2,1H3. The molecule has 0 aliphatic heterocycles. The van der Waals surface area contributed by atoms with Gasteiger partial charge in [-0.2, -0.15) is 0 Å². The Morgan fingerprint density at radius 1 is 1.30 bits per heavy atom. The van der Waals surface area contributed by atoms with Crippen molar-refractivity contribution in [2.24, 2.45) is 0 Å². The van der Waals surface area contributed by atoms with Crippen LogP contribution in [0, 0.1) is 15.9 Å². The van der Waals surface area contributed by atoms with Crippen molar-refractivity contribution in [2.45, 2.75) is 13.5 Å². The highest BCUT2D eigenvalue weighted by Gasteiger charge is 2.22. The number of amides is 1. The number of aromatic nitrogens is 1. The molecule has 0 aliphatic rings. The third-order valence-electron chi connectivity index (χ3n) is 3.87. The Labute approximate surface area is 178 Å². The first-order chi connectivity index (χ1) is 14.3. The number of hydrogen-bond acceptors (Lipinski definition) is 7. The number of esters is 1. The number of benzene rings is 2. The zero-order valence-corrected chi connectivity index (χ0v) is 16.9. The molecule has 1 amide bonds. The Balaban J connectivity index is 1.75. The highest BCUT2D eigenvalue weighted by molar-refractivity contribution is 7.14. The monoisotopic (exact) mass is 449 g/mol. The van der Waals surface area contributed by atoms with E-state index in [1.807, 2.05) is 0 Å². The van der Waals surface area contributed by atoms with E-state index >= 15 is 0 Å². The molecule has 8 nitrogen and oxygen atoms in total. The van der Waals surface area contributed by atoms with Crippen LogP contribution in [0.25, 0.3) is 0 Å². The third-order valence-corrected chi connectivity index (χ3v) is 5.06.